The number of aliphatic hydroxyl groups excluding tert-OH is 1. The molecule has 0 saturated heterocycles. The lowest BCUT2D eigenvalue weighted by molar-refractivity contribution is -0.387. The van der Waals surface area contributed by atoms with Gasteiger partial charge in [0.1, 0.15) is 12.1 Å². The molecule has 0 spiro atoms. The van der Waals surface area contributed by atoms with Crippen LogP contribution in [-0.4, -0.2) is 50.2 Å². The average Bonchev–Trinajstić information content (AvgIpc) is 3.14. The number of fused-ring (bicyclic) bond motifs is 1. The number of aromatic nitrogens is 1. The summed E-state index contributed by atoms with van der Waals surface area (Å²) in [4.78, 5) is 38.7. The number of aliphatic hydroxyl groups is 1. The van der Waals surface area contributed by atoms with Gasteiger partial charge in [-0.15, -0.1) is 0 Å². The van der Waals surface area contributed by atoms with Gasteiger partial charge in [-0.2, -0.15) is 0 Å². The highest BCUT2D eigenvalue weighted by Gasteiger charge is 2.30. The van der Waals surface area contributed by atoms with Gasteiger partial charge in [0.15, 0.2) is 0 Å². The minimum Gasteiger partial charge on any atom is -0.480 e. The van der Waals surface area contributed by atoms with E-state index in [1.807, 2.05) is 38.1 Å². The number of para-hydroxylation sites is 2. The number of aromatic amines is 1. The van der Waals surface area contributed by atoms with Crippen LogP contribution in [0.3, 0.4) is 0 Å². The number of nitrogens with two attached hydrogens (primary N) is 1. The standard InChI is InChI=1S/C24H28N4O6S/c1-13(2)11-18(24(31)32)26-22(30)21(29)16(25)12-15-14-7-3-4-8-17(14)27-23(15)35-20-10-6-5-9-19(20)28(33)34/h3-10,13,16,18,21,27,29H,11-12,25H2,1-2H3,(H,26,30)(H,31,32)/t16-,18-,21+/m0/s1. The molecule has 0 aliphatic rings. The van der Waals surface area contributed by atoms with Crippen LogP contribution in [0, 0.1) is 16.0 Å². The maximum atomic E-state index is 12.6. The van der Waals surface area contributed by atoms with Gasteiger partial charge in [-0.25, -0.2) is 4.79 Å². The molecule has 186 valence electrons. The summed E-state index contributed by atoms with van der Waals surface area (Å²) < 4.78 is 0. The van der Waals surface area contributed by atoms with Crippen molar-refractivity contribution in [1.29, 1.82) is 0 Å². The maximum Gasteiger partial charge on any atom is 0.326 e. The van der Waals surface area contributed by atoms with Crippen LogP contribution in [0.15, 0.2) is 58.5 Å². The summed E-state index contributed by atoms with van der Waals surface area (Å²) in [6.45, 7) is 3.66. The first-order chi connectivity index (χ1) is 16.6. The first-order valence-electron chi connectivity index (χ1n) is 11.1. The Hall–Kier alpha value is -3.41. The van der Waals surface area contributed by atoms with Crippen molar-refractivity contribution >= 4 is 40.2 Å². The van der Waals surface area contributed by atoms with Crippen molar-refractivity contribution in [3.63, 3.8) is 0 Å². The van der Waals surface area contributed by atoms with Gasteiger partial charge in [-0.3, -0.25) is 14.9 Å². The highest BCUT2D eigenvalue weighted by molar-refractivity contribution is 7.99. The zero-order valence-electron chi connectivity index (χ0n) is 19.3. The van der Waals surface area contributed by atoms with Crippen molar-refractivity contribution in [2.24, 2.45) is 11.7 Å². The van der Waals surface area contributed by atoms with E-state index in [0.717, 1.165) is 10.9 Å². The van der Waals surface area contributed by atoms with Gasteiger partial charge >= 0.3 is 5.97 Å². The van der Waals surface area contributed by atoms with Crippen LogP contribution in [0.1, 0.15) is 25.8 Å². The average molecular weight is 501 g/mol. The molecule has 11 heteroatoms. The van der Waals surface area contributed by atoms with Crippen molar-refractivity contribution in [3.05, 3.63) is 64.2 Å². The molecule has 3 aromatic rings. The van der Waals surface area contributed by atoms with E-state index < -0.39 is 35.0 Å². The summed E-state index contributed by atoms with van der Waals surface area (Å²) in [6, 6.07) is 11.5. The molecule has 2 aromatic carbocycles. The molecule has 3 rings (SSSR count). The van der Waals surface area contributed by atoms with Crippen LogP contribution >= 0.6 is 11.8 Å². The summed E-state index contributed by atoms with van der Waals surface area (Å²) >= 11 is 1.17. The molecular weight excluding hydrogens is 472 g/mol. The predicted octanol–water partition coefficient (Wildman–Crippen LogP) is 3.07. The Labute approximate surface area is 206 Å². The monoisotopic (exact) mass is 500 g/mol. The van der Waals surface area contributed by atoms with Gasteiger partial charge < -0.3 is 26.2 Å². The SMILES string of the molecule is CC(C)C[C@H](NC(=O)[C@H](O)[C@@H](N)Cc1c(Sc2ccccc2[N+](=O)[O-])[nH]c2ccccc12)C(=O)O. The molecule has 0 saturated carbocycles. The number of H-pyrrole nitrogens is 1. The number of nitrogens with zero attached hydrogens (tertiary/aromatic N) is 1. The second-order valence-electron chi connectivity index (χ2n) is 8.65. The number of carbonyl (C=O) groups is 2. The van der Waals surface area contributed by atoms with E-state index in [1.165, 1.54) is 17.8 Å². The van der Waals surface area contributed by atoms with E-state index in [1.54, 1.807) is 18.2 Å². The Morgan fingerprint density at radius 2 is 1.83 bits per heavy atom. The van der Waals surface area contributed by atoms with Gasteiger partial charge in [0.25, 0.3) is 11.6 Å². The van der Waals surface area contributed by atoms with Gasteiger partial charge in [-0.1, -0.05) is 55.9 Å². The number of hydrogen-bond donors (Lipinski definition) is 5. The molecule has 0 radical (unpaired) electrons. The first kappa shape index (κ1) is 26.2. The smallest absolute Gasteiger partial charge is 0.326 e. The lowest BCUT2D eigenvalue weighted by Gasteiger charge is -2.22. The van der Waals surface area contributed by atoms with Crippen molar-refractivity contribution in [3.8, 4) is 0 Å². The quantitative estimate of drug-likeness (QED) is 0.197. The first-order valence-corrected chi connectivity index (χ1v) is 11.9. The van der Waals surface area contributed by atoms with Gasteiger partial charge in [0, 0.05) is 23.0 Å². The third-order valence-electron chi connectivity index (χ3n) is 5.48. The van der Waals surface area contributed by atoms with E-state index in [0.29, 0.717) is 15.5 Å². The number of amides is 1. The number of carbonyl (C=O) groups excluding carboxylic acids is 1. The highest BCUT2D eigenvalue weighted by atomic mass is 32.2. The second kappa shape index (κ2) is 11.3. The summed E-state index contributed by atoms with van der Waals surface area (Å²) in [5.74, 6) is -2.03. The Kier molecular flexibility index (Phi) is 8.49. The lowest BCUT2D eigenvalue weighted by Crippen LogP contribution is -2.52. The largest absolute Gasteiger partial charge is 0.480 e. The molecule has 0 aliphatic carbocycles. The minimum atomic E-state index is -1.65. The molecule has 0 bridgehead atoms. The molecular formula is C24H28N4O6S. The fraction of sp³-hybridized carbons (Fsp3) is 0.333. The number of hydrogen-bond acceptors (Lipinski definition) is 7. The second-order valence-corrected chi connectivity index (χ2v) is 9.70. The maximum absolute atomic E-state index is 12.6. The molecule has 0 fully saturated rings. The normalized spacial score (nSPS) is 14.0. The van der Waals surface area contributed by atoms with Gasteiger partial charge in [-0.05, 0) is 36.5 Å². The number of benzene rings is 2. The number of nitrogens with one attached hydrogen (secondary N) is 2. The van der Waals surface area contributed by atoms with Crippen LogP contribution in [-0.2, 0) is 16.0 Å². The Morgan fingerprint density at radius 1 is 1.17 bits per heavy atom. The van der Waals surface area contributed by atoms with E-state index in [-0.39, 0.29) is 24.4 Å². The van der Waals surface area contributed by atoms with E-state index in [2.05, 4.69) is 10.3 Å². The van der Waals surface area contributed by atoms with Crippen LogP contribution < -0.4 is 11.1 Å². The topological polar surface area (TPSA) is 172 Å². The molecule has 35 heavy (non-hydrogen) atoms. The molecule has 1 aromatic heterocycles. The lowest BCUT2D eigenvalue weighted by atomic mass is 9.99. The number of carboxylic acids is 1. The Balaban J connectivity index is 1.86. The van der Waals surface area contributed by atoms with Crippen LogP contribution in [0.2, 0.25) is 0 Å². The molecule has 0 aliphatic heterocycles. The van der Waals surface area contributed by atoms with E-state index in [9.17, 15) is 29.9 Å². The molecule has 6 N–H and O–H groups in total. The van der Waals surface area contributed by atoms with Crippen molar-refractivity contribution in [1.82, 2.24) is 10.3 Å². The molecule has 3 atom stereocenters. The number of nitro groups is 1. The van der Waals surface area contributed by atoms with Crippen LogP contribution in [0.5, 0.6) is 0 Å². The van der Waals surface area contributed by atoms with Crippen molar-refractivity contribution in [2.75, 3.05) is 0 Å². The summed E-state index contributed by atoms with van der Waals surface area (Å²) in [5, 5.41) is 35.2. The summed E-state index contributed by atoms with van der Waals surface area (Å²) in [7, 11) is 0. The minimum absolute atomic E-state index is 0.0232. The van der Waals surface area contributed by atoms with Crippen molar-refractivity contribution < 1.29 is 24.7 Å². The fourth-order valence-corrected chi connectivity index (χ4v) is 4.85. The van der Waals surface area contributed by atoms with Crippen LogP contribution in [0.25, 0.3) is 10.9 Å². The van der Waals surface area contributed by atoms with Crippen LogP contribution in [0.4, 0.5) is 5.69 Å². The van der Waals surface area contributed by atoms with Gasteiger partial charge in [0.05, 0.1) is 14.8 Å². The molecule has 1 amide bonds. The molecule has 0 unspecified atom stereocenters. The zero-order chi connectivity index (χ0) is 25.7. The molecule has 1 heterocycles. The predicted molar refractivity (Wildman–Crippen MR) is 132 cm³/mol. The Morgan fingerprint density at radius 3 is 2.49 bits per heavy atom. The van der Waals surface area contributed by atoms with Gasteiger partial charge in [0.2, 0.25) is 0 Å². The number of aliphatic carboxylic acids is 1. The Bertz CT molecular complexity index is 1230. The third kappa shape index (κ3) is 6.38. The number of nitro benzene ring substituents is 1. The van der Waals surface area contributed by atoms with E-state index in [4.69, 9.17) is 5.73 Å². The molecule has 10 nitrogen and oxygen atoms in total. The van der Waals surface area contributed by atoms with E-state index >= 15 is 0 Å². The fourth-order valence-electron chi connectivity index (χ4n) is 3.76. The summed E-state index contributed by atoms with van der Waals surface area (Å²) in [5.41, 5.74) is 7.63. The number of carboxylic acid groups (broad SMARTS) is 1. The zero-order valence-corrected chi connectivity index (χ0v) is 20.1. The summed E-state index contributed by atoms with van der Waals surface area (Å²) in [6.07, 6.45) is -1.37. The number of rotatable bonds is 11. The van der Waals surface area contributed by atoms with Crippen molar-refractivity contribution in [2.45, 2.75) is 54.8 Å². The highest BCUT2D eigenvalue weighted by Crippen LogP contribution is 2.39. The third-order valence-corrected chi connectivity index (χ3v) is 6.60.